The topological polar surface area (TPSA) is 80.3 Å². The Kier molecular flexibility index (Phi) is 8.84. The first-order valence-corrected chi connectivity index (χ1v) is 21.5. The normalized spacial score (nSPS) is 11.6. The molecule has 0 N–H and O–H groups in total. The maximum absolute atomic E-state index is 9.70. The van der Waals surface area contributed by atoms with Crippen LogP contribution >= 0.6 is 0 Å². The molecule has 2 heterocycles. The summed E-state index contributed by atoms with van der Waals surface area (Å²) in [5, 5.41) is 27.7. The summed E-state index contributed by atoms with van der Waals surface area (Å²) in [4.78, 5) is 4.56. The summed E-state index contributed by atoms with van der Waals surface area (Å²) in [5.74, 6) is 0. The molecule has 0 aliphatic heterocycles. The highest BCUT2D eigenvalue weighted by molar-refractivity contribution is 6.35. The van der Waals surface area contributed by atoms with Crippen molar-refractivity contribution in [2.45, 2.75) is 41.5 Å². The number of nitrogens with zero attached hydrogens (tertiary/aromatic N) is 4. The molecule has 0 fully saturated rings. The Bertz CT molecular complexity index is 3520. The van der Waals surface area contributed by atoms with Crippen LogP contribution in [0, 0.1) is 64.2 Å². The molecule has 64 heavy (non-hydrogen) atoms. The zero-order valence-electron chi connectivity index (χ0n) is 36.5. The Labute approximate surface area is 371 Å². The third kappa shape index (κ3) is 5.92. The van der Waals surface area contributed by atoms with E-state index in [0.29, 0.717) is 11.1 Å². The minimum atomic E-state index is 0.607. The molecule has 0 aliphatic rings. The van der Waals surface area contributed by atoms with Crippen LogP contribution in [-0.2, 0) is 0 Å². The van der Waals surface area contributed by atoms with Gasteiger partial charge in [-0.15, -0.1) is 0 Å². The van der Waals surface area contributed by atoms with Gasteiger partial charge in [0, 0.05) is 67.2 Å². The van der Waals surface area contributed by atoms with E-state index in [-0.39, 0.29) is 0 Å². The number of nitriles is 2. The maximum atomic E-state index is 9.70. The molecule has 0 saturated carbocycles. The van der Waals surface area contributed by atoms with E-state index in [1.165, 1.54) is 33.4 Å². The number of rotatable bonds is 6. The van der Waals surface area contributed by atoms with Gasteiger partial charge >= 0.3 is 0 Å². The number of anilines is 6. The van der Waals surface area contributed by atoms with Crippen LogP contribution < -0.4 is 9.80 Å². The van der Waals surface area contributed by atoms with E-state index >= 15 is 0 Å². The Balaban J connectivity index is 1.20. The summed E-state index contributed by atoms with van der Waals surface area (Å²) in [5.41, 5.74) is 17.5. The van der Waals surface area contributed by atoms with Crippen molar-refractivity contribution in [3.8, 4) is 12.1 Å². The molecular formula is C58H42N4O2. The van der Waals surface area contributed by atoms with E-state index in [1.54, 1.807) is 0 Å². The van der Waals surface area contributed by atoms with Gasteiger partial charge in [0.1, 0.15) is 22.3 Å². The van der Waals surface area contributed by atoms with Gasteiger partial charge < -0.3 is 18.6 Å². The van der Waals surface area contributed by atoms with E-state index in [4.69, 9.17) is 8.83 Å². The predicted molar refractivity (Wildman–Crippen MR) is 263 cm³/mol. The molecule has 0 saturated heterocycles. The van der Waals surface area contributed by atoms with Gasteiger partial charge in [0.15, 0.2) is 0 Å². The molecule has 0 aliphatic carbocycles. The molecule has 6 nitrogen and oxygen atoms in total. The quantitative estimate of drug-likeness (QED) is 0.166. The van der Waals surface area contributed by atoms with Gasteiger partial charge in [0.25, 0.3) is 0 Å². The number of hydrogen-bond acceptors (Lipinski definition) is 6. The zero-order valence-corrected chi connectivity index (χ0v) is 36.5. The summed E-state index contributed by atoms with van der Waals surface area (Å²) < 4.78 is 13.9. The maximum Gasteiger partial charge on any atom is 0.138 e. The van der Waals surface area contributed by atoms with E-state index in [9.17, 15) is 10.5 Å². The average molecular weight is 827 g/mol. The highest BCUT2D eigenvalue weighted by atomic mass is 16.3. The Morgan fingerprint density at radius 1 is 0.359 bits per heavy atom. The number of aryl methyl sites for hydroxylation is 4. The molecule has 0 bridgehead atoms. The first-order chi connectivity index (χ1) is 31.1. The number of benzene rings is 9. The second-order valence-electron chi connectivity index (χ2n) is 17.0. The molecule has 11 aromatic rings. The second-order valence-corrected chi connectivity index (χ2v) is 17.0. The van der Waals surface area contributed by atoms with Crippen LogP contribution in [0.3, 0.4) is 0 Å². The number of fused-ring (bicyclic) bond motifs is 11. The van der Waals surface area contributed by atoms with Crippen LogP contribution in [0.4, 0.5) is 34.1 Å². The van der Waals surface area contributed by atoms with Gasteiger partial charge in [-0.2, -0.15) is 10.5 Å². The predicted octanol–water partition coefficient (Wildman–Crippen LogP) is 16.3. The van der Waals surface area contributed by atoms with Crippen molar-refractivity contribution in [2.75, 3.05) is 9.80 Å². The van der Waals surface area contributed by atoms with Crippen LogP contribution in [0.5, 0.6) is 0 Å². The highest BCUT2D eigenvalue weighted by Crippen LogP contribution is 2.50. The van der Waals surface area contributed by atoms with E-state index in [1.807, 2.05) is 60.7 Å². The fraction of sp³-hybridized carbons (Fsp3) is 0.103. The van der Waals surface area contributed by atoms with E-state index in [2.05, 4.69) is 148 Å². The van der Waals surface area contributed by atoms with E-state index < -0.39 is 0 Å². The summed E-state index contributed by atoms with van der Waals surface area (Å²) in [6, 6.07) is 54.6. The molecule has 0 unspecified atom stereocenters. The smallest absolute Gasteiger partial charge is 0.138 e. The Hall–Kier alpha value is -8.32. The van der Waals surface area contributed by atoms with Crippen LogP contribution in [0.2, 0.25) is 0 Å². The molecule has 0 radical (unpaired) electrons. The number of furan rings is 2. The summed E-state index contributed by atoms with van der Waals surface area (Å²) in [6.45, 7) is 13.0. The van der Waals surface area contributed by atoms with Gasteiger partial charge in [-0.05, 0) is 171 Å². The monoisotopic (exact) mass is 826 g/mol. The highest BCUT2D eigenvalue weighted by Gasteiger charge is 2.26. The lowest BCUT2D eigenvalue weighted by Crippen LogP contribution is -2.11. The SMILES string of the molecule is Cc1cc(N(c2ccc(C#N)cc2)c2cc3oc4ccc5oc6cc(N(c7ccc(C#N)cc7)c7cc(C)c(C)c(C)c7)c7ccccc7c6c5c4c3c3ccccc23)cc(C)c1C. The van der Waals surface area contributed by atoms with Gasteiger partial charge in [-0.1, -0.05) is 48.5 Å². The molecule has 0 atom stereocenters. The third-order valence-electron chi connectivity index (χ3n) is 13.4. The Morgan fingerprint density at radius 3 is 1.05 bits per heavy atom. The largest absolute Gasteiger partial charge is 0.456 e. The van der Waals surface area contributed by atoms with Gasteiger partial charge in [-0.25, -0.2) is 0 Å². The van der Waals surface area contributed by atoms with E-state index in [0.717, 1.165) is 99.5 Å². The number of hydrogen-bond donors (Lipinski definition) is 0. The standard InChI is InChI=1S/C58H42N4O2/c1-33-25-43(26-34(2)37(33)5)61(41-19-15-39(31-59)16-20-41)49-29-53-55(47-13-9-7-11-45(47)49)57-51(63-53)23-24-52-58(57)56-48-14-10-8-12-46(48)50(30-54(56)64-52)62(42-21-17-40(32-60)18-22-42)44-27-35(3)38(6)36(4)28-44/h7-30H,1-6H3. The fourth-order valence-corrected chi connectivity index (χ4v) is 9.69. The van der Waals surface area contributed by atoms with Crippen molar-refractivity contribution in [2.24, 2.45) is 0 Å². The van der Waals surface area contributed by atoms with Crippen LogP contribution in [0.15, 0.2) is 154 Å². The first-order valence-electron chi connectivity index (χ1n) is 21.5. The van der Waals surface area contributed by atoms with Crippen molar-refractivity contribution < 1.29 is 8.83 Å². The van der Waals surface area contributed by atoms with Gasteiger partial charge in [0.2, 0.25) is 0 Å². The third-order valence-corrected chi connectivity index (χ3v) is 13.4. The summed E-state index contributed by atoms with van der Waals surface area (Å²) in [7, 11) is 0. The van der Waals surface area contributed by atoms with Crippen molar-refractivity contribution >= 4 is 99.5 Å². The van der Waals surface area contributed by atoms with Crippen molar-refractivity contribution in [1.82, 2.24) is 0 Å². The van der Waals surface area contributed by atoms with Gasteiger partial charge in [-0.3, -0.25) is 0 Å². The minimum Gasteiger partial charge on any atom is -0.456 e. The molecule has 9 aromatic carbocycles. The zero-order chi connectivity index (χ0) is 44.0. The van der Waals surface area contributed by atoms with Crippen molar-refractivity contribution in [3.63, 3.8) is 0 Å². The average Bonchev–Trinajstić information content (AvgIpc) is 3.89. The van der Waals surface area contributed by atoms with Crippen LogP contribution in [0.1, 0.15) is 44.5 Å². The first kappa shape index (κ1) is 38.6. The Morgan fingerprint density at radius 2 is 0.703 bits per heavy atom. The van der Waals surface area contributed by atoms with Crippen LogP contribution in [-0.4, -0.2) is 0 Å². The lowest BCUT2D eigenvalue weighted by Gasteiger charge is -2.28. The molecule has 0 amide bonds. The fourth-order valence-electron chi connectivity index (χ4n) is 9.69. The van der Waals surface area contributed by atoms with Gasteiger partial charge in [0.05, 0.1) is 34.6 Å². The second kappa shape index (κ2) is 14.7. The van der Waals surface area contributed by atoms with Crippen LogP contribution in [0.25, 0.3) is 65.4 Å². The molecular weight excluding hydrogens is 785 g/mol. The summed E-state index contributed by atoms with van der Waals surface area (Å²) >= 11 is 0. The molecule has 6 heteroatoms. The lowest BCUT2D eigenvalue weighted by molar-refractivity contribution is 0.663. The van der Waals surface area contributed by atoms with Crippen molar-refractivity contribution in [3.05, 3.63) is 190 Å². The molecule has 0 spiro atoms. The van der Waals surface area contributed by atoms with Crippen molar-refractivity contribution in [1.29, 1.82) is 10.5 Å². The molecule has 11 rings (SSSR count). The molecule has 2 aromatic heterocycles. The molecule has 306 valence electrons. The summed E-state index contributed by atoms with van der Waals surface area (Å²) in [6.07, 6.45) is 0. The lowest BCUT2D eigenvalue weighted by atomic mass is 9.95. The minimum absolute atomic E-state index is 0.607.